The number of nitrogens with zero attached hydrogens (tertiary/aromatic N) is 2. The number of fused-ring (bicyclic) bond motifs is 4. The first-order chi connectivity index (χ1) is 12.9. The Morgan fingerprint density at radius 3 is 2.93 bits per heavy atom. The SMILES string of the molecule is CCCC1C2CCC1(NC(=O)c1cn(C)nc1C(F)F)C1=C2C=C(F)CC1. The van der Waals surface area contributed by atoms with Gasteiger partial charge in [0.15, 0.2) is 0 Å². The third kappa shape index (κ3) is 2.74. The highest BCUT2D eigenvalue weighted by molar-refractivity contribution is 5.96. The van der Waals surface area contributed by atoms with E-state index < -0.39 is 23.6 Å². The molecule has 27 heavy (non-hydrogen) atoms. The van der Waals surface area contributed by atoms with E-state index in [2.05, 4.69) is 17.3 Å². The van der Waals surface area contributed by atoms with Gasteiger partial charge in [-0.05, 0) is 54.7 Å². The van der Waals surface area contributed by atoms with Gasteiger partial charge in [0.05, 0.1) is 11.1 Å². The van der Waals surface area contributed by atoms with Crippen LogP contribution in [0.5, 0.6) is 0 Å². The maximum atomic E-state index is 13.9. The first-order valence-electron chi connectivity index (χ1n) is 9.61. The van der Waals surface area contributed by atoms with Crippen molar-refractivity contribution in [3.8, 4) is 0 Å². The lowest BCUT2D eigenvalue weighted by Gasteiger charge is -2.37. The van der Waals surface area contributed by atoms with E-state index in [1.165, 1.54) is 17.9 Å². The van der Waals surface area contributed by atoms with Gasteiger partial charge in [-0.1, -0.05) is 13.3 Å². The van der Waals surface area contributed by atoms with E-state index in [-0.39, 0.29) is 23.2 Å². The molecule has 1 aromatic rings. The zero-order chi connectivity index (χ0) is 19.3. The van der Waals surface area contributed by atoms with E-state index in [0.717, 1.165) is 36.8 Å². The van der Waals surface area contributed by atoms with Crippen LogP contribution in [0.2, 0.25) is 0 Å². The van der Waals surface area contributed by atoms with Crippen molar-refractivity contribution in [3.63, 3.8) is 0 Å². The minimum absolute atomic E-state index is 0.0767. The molecule has 1 aromatic heterocycles. The van der Waals surface area contributed by atoms with Gasteiger partial charge in [-0.15, -0.1) is 0 Å². The maximum absolute atomic E-state index is 13.9. The summed E-state index contributed by atoms with van der Waals surface area (Å²) in [4.78, 5) is 13.0. The summed E-state index contributed by atoms with van der Waals surface area (Å²) in [5, 5.41) is 6.87. The zero-order valence-electron chi connectivity index (χ0n) is 15.6. The van der Waals surface area contributed by atoms with E-state index in [1.807, 2.05) is 0 Å². The van der Waals surface area contributed by atoms with Crippen LogP contribution in [0, 0.1) is 11.8 Å². The molecule has 1 fully saturated rings. The number of carbonyl (C=O) groups excluding carboxylic acids is 1. The van der Waals surface area contributed by atoms with Crippen molar-refractivity contribution in [1.82, 2.24) is 15.1 Å². The molecule has 0 aromatic carbocycles. The van der Waals surface area contributed by atoms with Crippen molar-refractivity contribution in [1.29, 1.82) is 0 Å². The molecule has 4 nitrogen and oxygen atoms in total. The molecule has 0 aliphatic heterocycles. The second kappa shape index (κ2) is 6.53. The highest BCUT2D eigenvalue weighted by atomic mass is 19.3. The van der Waals surface area contributed by atoms with Crippen molar-refractivity contribution >= 4 is 5.91 Å². The fraction of sp³-hybridized carbons (Fsp3) is 0.600. The van der Waals surface area contributed by atoms with Gasteiger partial charge in [-0.3, -0.25) is 9.48 Å². The molecule has 0 spiro atoms. The average molecular weight is 379 g/mol. The molecule has 7 heteroatoms. The third-order valence-corrected chi connectivity index (χ3v) is 6.43. The Balaban J connectivity index is 1.72. The van der Waals surface area contributed by atoms with Gasteiger partial charge in [-0.25, -0.2) is 13.2 Å². The predicted octanol–water partition coefficient (Wildman–Crippen LogP) is 4.61. The number of aryl methyl sites for hydroxylation is 1. The van der Waals surface area contributed by atoms with Gasteiger partial charge >= 0.3 is 0 Å². The second-order valence-electron chi connectivity index (χ2n) is 7.89. The molecule has 0 radical (unpaired) electrons. The number of alkyl halides is 2. The molecule has 1 amide bonds. The Morgan fingerprint density at radius 1 is 1.44 bits per heavy atom. The molecule has 3 aliphatic carbocycles. The number of hydrogen-bond donors (Lipinski definition) is 1. The van der Waals surface area contributed by atoms with Crippen LogP contribution in [0.25, 0.3) is 0 Å². The fourth-order valence-corrected chi connectivity index (χ4v) is 5.49. The van der Waals surface area contributed by atoms with Crippen molar-refractivity contribution in [2.45, 2.75) is 57.4 Å². The number of rotatable bonds is 5. The second-order valence-corrected chi connectivity index (χ2v) is 7.89. The van der Waals surface area contributed by atoms with E-state index in [4.69, 9.17) is 0 Å². The van der Waals surface area contributed by atoms with Gasteiger partial charge < -0.3 is 5.32 Å². The minimum Gasteiger partial charge on any atom is -0.342 e. The highest BCUT2D eigenvalue weighted by Gasteiger charge is 2.58. The average Bonchev–Trinajstić information content (AvgIpc) is 3.24. The molecule has 1 heterocycles. The first-order valence-corrected chi connectivity index (χ1v) is 9.61. The van der Waals surface area contributed by atoms with E-state index in [0.29, 0.717) is 12.8 Å². The monoisotopic (exact) mass is 379 g/mol. The standard InChI is InChI=1S/C20H24F3N3O/c1-3-4-15-12-7-8-20(15,16-6-5-11(21)9-13(12)16)24-19(27)14-10-26(2)25-17(14)18(22)23/h9-10,12,15,18H,3-8H2,1-2H3,(H,24,27). The number of aromatic nitrogens is 2. The Kier molecular flexibility index (Phi) is 4.43. The Morgan fingerprint density at radius 2 is 2.22 bits per heavy atom. The third-order valence-electron chi connectivity index (χ3n) is 6.43. The highest BCUT2D eigenvalue weighted by Crippen LogP contribution is 2.60. The number of carbonyl (C=O) groups is 1. The molecule has 1 N–H and O–H groups in total. The topological polar surface area (TPSA) is 46.9 Å². The van der Waals surface area contributed by atoms with E-state index in [1.54, 1.807) is 6.08 Å². The fourth-order valence-electron chi connectivity index (χ4n) is 5.49. The summed E-state index contributed by atoms with van der Waals surface area (Å²) >= 11 is 0. The van der Waals surface area contributed by atoms with Crippen LogP contribution >= 0.6 is 0 Å². The van der Waals surface area contributed by atoms with Gasteiger partial charge in [0.25, 0.3) is 12.3 Å². The van der Waals surface area contributed by atoms with Crippen molar-refractivity contribution < 1.29 is 18.0 Å². The number of hydrogen-bond acceptors (Lipinski definition) is 2. The van der Waals surface area contributed by atoms with Crippen molar-refractivity contribution in [2.24, 2.45) is 18.9 Å². The van der Waals surface area contributed by atoms with E-state index in [9.17, 15) is 18.0 Å². The van der Waals surface area contributed by atoms with Gasteiger partial charge in [-0.2, -0.15) is 5.10 Å². The van der Waals surface area contributed by atoms with Gasteiger partial charge in [0, 0.05) is 19.7 Å². The lowest BCUT2D eigenvalue weighted by Crippen LogP contribution is -2.51. The Bertz CT molecular complexity index is 842. The first kappa shape index (κ1) is 18.3. The molecule has 4 rings (SSSR count). The molecular weight excluding hydrogens is 355 g/mol. The smallest absolute Gasteiger partial charge is 0.282 e. The summed E-state index contributed by atoms with van der Waals surface area (Å²) in [6, 6.07) is 0. The molecule has 1 saturated carbocycles. The van der Waals surface area contributed by atoms with Gasteiger partial charge in [0.1, 0.15) is 11.5 Å². The van der Waals surface area contributed by atoms with Crippen LogP contribution in [0.4, 0.5) is 13.2 Å². The maximum Gasteiger partial charge on any atom is 0.282 e. The van der Waals surface area contributed by atoms with E-state index >= 15 is 0 Å². The molecule has 146 valence electrons. The van der Waals surface area contributed by atoms with Crippen LogP contribution < -0.4 is 5.32 Å². The molecule has 0 saturated heterocycles. The van der Waals surface area contributed by atoms with Crippen molar-refractivity contribution in [3.05, 3.63) is 40.5 Å². The largest absolute Gasteiger partial charge is 0.342 e. The lowest BCUT2D eigenvalue weighted by atomic mass is 9.78. The summed E-state index contributed by atoms with van der Waals surface area (Å²) < 4.78 is 41.7. The molecule has 2 bridgehead atoms. The molecule has 3 aliphatic rings. The Hall–Kier alpha value is -2.05. The van der Waals surface area contributed by atoms with Gasteiger partial charge in [0.2, 0.25) is 0 Å². The number of amides is 1. The minimum atomic E-state index is -2.81. The Labute approximate surface area is 156 Å². The summed E-state index contributed by atoms with van der Waals surface area (Å²) in [5.74, 6) is -0.172. The molecule has 3 unspecified atom stereocenters. The van der Waals surface area contributed by atoms with Crippen LogP contribution in [-0.4, -0.2) is 21.2 Å². The normalized spacial score (nSPS) is 29.3. The summed E-state index contributed by atoms with van der Waals surface area (Å²) in [5.41, 5.74) is 1.03. The van der Waals surface area contributed by atoms with Crippen LogP contribution in [0.1, 0.15) is 67.9 Å². The zero-order valence-corrected chi connectivity index (χ0v) is 15.6. The number of nitrogens with one attached hydrogen (secondary N) is 1. The summed E-state index contributed by atoms with van der Waals surface area (Å²) in [7, 11) is 1.53. The van der Waals surface area contributed by atoms with Crippen LogP contribution in [0.3, 0.4) is 0 Å². The number of halogens is 3. The predicted molar refractivity (Wildman–Crippen MR) is 94.9 cm³/mol. The molecular formula is C20H24F3N3O. The molecule has 3 atom stereocenters. The quantitative estimate of drug-likeness (QED) is 0.812. The number of allylic oxidation sites excluding steroid dienone is 3. The van der Waals surface area contributed by atoms with Crippen molar-refractivity contribution in [2.75, 3.05) is 0 Å². The van der Waals surface area contributed by atoms with Crippen LogP contribution in [-0.2, 0) is 7.05 Å². The lowest BCUT2D eigenvalue weighted by molar-refractivity contribution is 0.0877. The summed E-state index contributed by atoms with van der Waals surface area (Å²) in [6.07, 6.45) is 4.67. The summed E-state index contributed by atoms with van der Waals surface area (Å²) in [6.45, 7) is 2.10. The van der Waals surface area contributed by atoms with Crippen LogP contribution in [0.15, 0.2) is 29.2 Å².